The molecule has 0 saturated heterocycles. The quantitative estimate of drug-likeness (QED) is 0.657. The van der Waals surface area contributed by atoms with E-state index in [1.54, 1.807) is 0 Å². The van der Waals surface area contributed by atoms with Crippen molar-refractivity contribution in [2.24, 2.45) is 0 Å². The summed E-state index contributed by atoms with van der Waals surface area (Å²) in [5, 5.41) is 1.16. The van der Waals surface area contributed by atoms with E-state index in [9.17, 15) is 4.79 Å². The topological polar surface area (TPSA) is 36.4 Å². The Labute approximate surface area is 124 Å². The Morgan fingerprint density at radius 2 is 1.89 bits per heavy atom. The molecule has 0 amide bonds. The Hall–Kier alpha value is -0.650. The molecule has 0 aliphatic heterocycles. The maximum Gasteiger partial charge on any atom is 0.187 e. The Balaban J connectivity index is 2.55. The molecule has 0 fully saturated rings. The standard InChI is InChI=1S/C13H22ClN3OS/c1-4-16(5-2)8-7-9-17(6-3)13-15-12(14)11(10-18)19-13/h10H,4-9H2,1-3H3. The number of hydrogen-bond acceptors (Lipinski definition) is 5. The van der Waals surface area contributed by atoms with Gasteiger partial charge in [-0.05, 0) is 33.0 Å². The number of hydrogen-bond donors (Lipinski definition) is 0. The fraction of sp³-hybridized carbons (Fsp3) is 0.692. The van der Waals surface area contributed by atoms with E-state index >= 15 is 0 Å². The number of anilines is 1. The third-order valence-electron chi connectivity index (χ3n) is 3.15. The molecule has 0 aromatic carbocycles. The smallest absolute Gasteiger partial charge is 0.187 e. The van der Waals surface area contributed by atoms with Crippen molar-refractivity contribution in [1.82, 2.24) is 9.88 Å². The molecule has 6 heteroatoms. The molecule has 0 aliphatic carbocycles. The summed E-state index contributed by atoms with van der Waals surface area (Å²) >= 11 is 7.27. The summed E-state index contributed by atoms with van der Waals surface area (Å²) < 4.78 is 0. The van der Waals surface area contributed by atoms with E-state index in [0.717, 1.165) is 50.6 Å². The minimum atomic E-state index is 0.317. The van der Waals surface area contributed by atoms with Crippen molar-refractivity contribution in [1.29, 1.82) is 0 Å². The molecule has 1 rings (SSSR count). The molecule has 0 N–H and O–H groups in total. The van der Waals surface area contributed by atoms with Crippen molar-refractivity contribution in [3.63, 3.8) is 0 Å². The molecule has 0 aliphatic rings. The second-order valence-electron chi connectivity index (χ2n) is 4.23. The maximum atomic E-state index is 10.8. The van der Waals surface area contributed by atoms with Crippen LogP contribution in [-0.2, 0) is 0 Å². The van der Waals surface area contributed by atoms with Crippen molar-refractivity contribution in [3.05, 3.63) is 10.0 Å². The molecule has 0 saturated carbocycles. The third kappa shape index (κ3) is 4.75. The van der Waals surface area contributed by atoms with E-state index < -0.39 is 0 Å². The molecule has 1 aromatic heterocycles. The fourth-order valence-corrected chi connectivity index (χ4v) is 3.08. The van der Waals surface area contributed by atoms with Crippen molar-refractivity contribution in [2.45, 2.75) is 27.2 Å². The Bertz CT molecular complexity index is 393. The predicted octanol–water partition coefficient (Wildman–Crippen LogP) is 3.17. The van der Waals surface area contributed by atoms with Crippen LogP contribution in [0.15, 0.2) is 0 Å². The number of rotatable bonds is 9. The summed E-state index contributed by atoms with van der Waals surface area (Å²) in [6, 6.07) is 0. The van der Waals surface area contributed by atoms with E-state index in [1.807, 2.05) is 0 Å². The van der Waals surface area contributed by atoms with Gasteiger partial charge in [0.25, 0.3) is 0 Å². The second-order valence-corrected chi connectivity index (χ2v) is 5.60. The fourth-order valence-electron chi connectivity index (χ4n) is 1.92. The zero-order chi connectivity index (χ0) is 14.3. The minimum Gasteiger partial charge on any atom is -0.348 e. The highest BCUT2D eigenvalue weighted by molar-refractivity contribution is 7.17. The van der Waals surface area contributed by atoms with Gasteiger partial charge in [-0.3, -0.25) is 4.79 Å². The third-order valence-corrected chi connectivity index (χ3v) is 4.60. The van der Waals surface area contributed by atoms with Crippen LogP contribution < -0.4 is 4.90 Å². The first kappa shape index (κ1) is 16.4. The van der Waals surface area contributed by atoms with E-state index in [4.69, 9.17) is 11.6 Å². The van der Waals surface area contributed by atoms with Gasteiger partial charge in [-0.15, -0.1) is 0 Å². The highest BCUT2D eigenvalue weighted by Gasteiger charge is 2.13. The lowest BCUT2D eigenvalue weighted by Crippen LogP contribution is -2.29. The Morgan fingerprint density at radius 1 is 1.21 bits per heavy atom. The summed E-state index contributed by atoms with van der Waals surface area (Å²) in [6.45, 7) is 11.5. The van der Waals surface area contributed by atoms with Crippen LogP contribution in [0.25, 0.3) is 0 Å². The van der Waals surface area contributed by atoms with Crippen LogP contribution in [0.2, 0.25) is 5.15 Å². The molecule has 1 aromatic rings. The zero-order valence-electron chi connectivity index (χ0n) is 11.9. The minimum absolute atomic E-state index is 0.317. The van der Waals surface area contributed by atoms with Gasteiger partial charge in [-0.1, -0.05) is 36.8 Å². The van der Waals surface area contributed by atoms with Crippen LogP contribution in [0.5, 0.6) is 0 Å². The lowest BCUT2D eigenvalue weighted by Gasteiger charge is -2.22. The van der Waals surface area contributed by atoms with Crippen LogP contribution in [-0.4, -0.2) is 48.9 Å². The molecule has 0 unspecified atom stereocenters. The first-order valence-corrected chi connectivity index (χ1v) is 7.94. The molecule has 19 heavy (non-hydrogen) atoms. The van der Waals surface area contributed by atoms with E-state index in [1.165, 1.54) is 11.3 Å². The van der Waals surface area contributed by atoms with Gasteiger partial charge in [0.2, 0.25) is 0 Å². The summed E-state index contributed by atoms with van der Waals surface area (Å²) in [6.07, 6.45) is 1.86. The largest absolute Gasteiger partial charge is 0.348 e. The molecule has 0 atom stereocenters. The number of carbonyl (C=O) groups excluding carboxylic acids is 1. The van der Waals surface area contributed by atoms with E-state index in [2.05, 4.69) is 35.6 Å². The number of halogens is 1. The van der Waals surface area contributed by atoms with Crippen molar-refractivity contribution in [3.8, 4) is 0 Å². The van der Waals surface area contributed by atoms with Crippen LogP contribution in [0.4, 0.5) is 5.13 Å². The predicted molar refractivity (Wildman–Crippen MR) is 82.8 cm³/mol. The van der Waals surface area contributed by atoms with Gasteiger partial charge >= 0.3 is 0 Å². The SMILES string of the molecule is CCN(CC)CCCN(CC)c1nc(Cl)c(C=O)s1. The number of thiazole rings is 1. The van der Waals surface area contributed by atoms with Gasteiger partial charge in [-0.25, -0.2) is 4.98 Å². The molecular formula is C13H22ClN3OS. The van der Waals surface area contributed by atoms with Gasteiger partial charge in [0.1, 0.15) is 4.88 Å². The first-order valence-electron chi connectivity index (χ1n) is 6.74. The van der Waals surface area contributed by atoms with Gasteiger partial charge in [0.05, 0.1) is 0 Å². The van der Waals surface area contributed by atoms with Crippen molar-refractivity contribution < 1.29 is 4.79 Å². The summed E-state index contributed by atoms with van der Waals surface area (Å²) in [5.74, 6) is 0. The highest BCUT2D eigenvalue weighted by Crippen LogP contribution is 2.28. The lowest BCUT2D eigenvalue weighted by atomic mass is 10.3. The second kappa shape index (κ2) is 8.51. The summed E-state index contributed by atoms with van der Waals surface area (Å²) in [5.41, 5.74) is 0. The first-order chi connectivity index (χ1) is 9.15. The van der Waals surface area contributed by atoms with Crippen molar-refractivity contribution >= 4 is 34.4 Å². The maximum absolute atomic E-state index is 10.8. The average Bonchev–Trinajstić information content (AvgIpc) is 2.80. The number of aromatic nitrogens is 1. The van der Waals surface area contributed by atoms with Gasteiger partial charge in [0, 0.05) is 13.1 Å². The Morgan fingerprint density at radius 3 is 2.37 bits per heavy atom. The monoisotopic (exact) mass is 303 g/mol. The number of carbonyl (C=O) groups is 1. The number of nitrogens with zero attached hydrogens (tertiary/aromatic N) is 3. The normalized spacial score (nSPS) is 11.0. The zero-order valence-corrected chi connectivity index (χ0v) is 13.4. The van der Waals surface area contributed by atoms with Crippen LogP contribution in [0.1, 0.15) is 36.9 Å². The van der Waals surface area contributed by atoms with Crippen LogP contribution >= 0.6 is 22.9 Å². The van der Waals surface area contributed by atoms with E-state index in [-0.39, 0.29) is 0 Å². The molecule has 0 radical (unpaired) electrons. The van der Waals surface area contributed by atoms with Crippen molar-refractivity contribution in [2.75, 3.05) is 37.6 Å². The molecule has 0 spiro atoms. The van der Waals surface area contributed by atoms with Crippen LogP contribution in [0.3, 0.4) is 0 Å². The molecule has 4 nitrogen and oxygen atoms in total. The number of aldehydes is 1. The average molecular weight is 304 g/mol. The lowest BCUT2D eigenvalue weighted by molar-refractivity contribution is 0.112. The van der Waals surface area contributed by atoms with Gasteiger partial charge < -0.3 is 9.80 Å². The van der Waals surface area contributed by atoms with Gasteiger partial charge in [-0.2, -0.15) is 0 Å². The molecule has 1 heterocycles. The van der Waals surface area contributed by atoms with E-state index in [0.29, 0.717) is 10.0 Å². The summed E-state index contributed by atoms with van der Waals surface area (Å²) in [7, 11) is 0. The highest BCUT2D eigenvalue weighted by atomic mass is 35.5. The molecule has 0 bridgehead atoms. The molecular weight excluding hydrogens is 282 g/mol. The summed E-state index contributed by atoms with van der Waals surface area (Å²) in [4.78, 5) is 20.1. The van der Waals surface area contributed by atoms with Gasteiger partial charge in [0.15, 0.2) is 16.6 Å². The van der Waals surface area contributed by atoms with Crippen LogP contribution in [0, 0.1) is 0 Å². The Kier molecular flexibility index (Phi) is 7.34. The molecule has 108 valence electrons.